The monoisotopic (exact) mass is 449 g/mol. The summed E-state index contributed by atoms with van der Waals surface area (Å²) >= 11 is 6.13. The number of aromatic nitrogens is 1. The van der Waals surface area contributed by atoms with Crippen LogP contribution in [-0.2, 0) is 0 Å². The van der Waals surface area contributed by atoms with Gasteiger partial charge in [-0.05, 0) is 61.7 Å². The maximum atomic E-state index is 12.5. The van der Waals surface area contributed by atoms with Crippen molar-refractivity contribution < 1.29 is 17.9 Å². The number of hydrogen-bond acceptors (Lipinski definition) is 4. The van der Waals surface area contributed by atoms with E-state index in [-0.39, 0.29) is 5.75 Å². The lowest BCUT2D eigenvalue weighted by molar-refractivity contribution is -0.274. The number of piperidine rings is 1. The van der Waals surface area contributed by atoms with Crippen molar-refractivity contribution in [2.24, 2.45) is 0 Å². The van der Waals surface area contributed by atoms with Crippen molar-refractivity contribution in [2.75, 3.05) is 18.4 Å². The van der Waals surface area contributed by atoms with Gasteiger partial charge in [0.05, 0.1) is 11.2 Å². The van der Waals surface area contributed by atoms with Gasteiger partial charge in [-0.3, -0.25) is 4.98 Å². The number of pyridine rings is 1. The molecule has 8 heteroatoms. The summed E-state index contributed by atoms with van der Waals surface area (Å²) in [5.74, 6) is -0.255. The minimum Gasteiger partial charge on any atom is -0.406 e. The lowest BCUT2D eigenvalue weighted by Crippen LogP contribution is -2.35. The molecule has 1 saturated heterocycles. The minimum absolute atomic E-state index is 0.255. The molecule has 1 unspecified atom stereocenters. The quantitative estimate of drug-likeness (QED) is 0.457. The number of alkyl halides is 3. The molecule has 0 amide bonds. The summed E-state index contributed by atoms with van der Waals surface area (Å²) in [6.07, 6.45) is 1.62. The van der Waals surface area contributed by atoms with Gasteiger partial charge in [0.15, 0.2) is 0 Å². The molecule has 3 aromatic rings. The van der Waals surface area contributed by atoms with Gasteiger partial charge in [0.2, 0.25) is 0 Å². The first kappa shape index (κ1) is 21.7. The average Bonchev–Trinajstić information content (AvgIpc) is 2.74. The zero-order chi connectivity index (χ0) is 21.8. The van der Waals surface area contributed by atoms with Crippen molar-refractivity contribution >= 4 is 28.2 Å². The number of ether oxygens (including phenoxy) is 1. The maximum Gasteiger partial charge on any atom is 0.573 e. The van der Waals surface area contributed by atoms with E-state index in [1.165, 1.54) is 31.4 Å². The molecule has 0 radical (unpaired) electrons. The van der Waals surface area contributed by atoms with E-state index in [0.29, 0.717) is 11.1 Å². The van der Waals surface area contributed by atoms with Crippen LogP contribution in [0.1, 0.15) is 25.7 Å². The third kappa shape index (κ3) is 5.60. The van der Waals surface area contributed by atoms with Crippen LogP contribution in [-0.4, -0.2) is 30.5 Å². The van der Waals surface area contributed by atoms with Gasteiger partial charge in [0.1, 0.15) is 5.75 Å². The standard InChI is InChI=1S/C23H23ClF3N3O/c24-16-6-9-19-21(13-16)30-14-20(15-4-7-18(8-5-15)31-23(25,26)27)22(19)29-12-10-17-3-1-2-11-28-17/h4-9,13-14,17,28H,1-3,10-12H2,(H,29,30). The highest BCUT2D eigenvalue weighted by Gasteiger charge is 2.31. The van der Waals surface area contributed by atoms with Gasteiger partial charge >= 0.3 is 6.36 Å². The van der Waals surface area contributed by atoms with Gasteiger partial charge in [-0.2, -0.15) is 0 Å². The molecule has 0 spiro atoms. The Kier molecular flexibility index (Phi) is 6.53. The summed E-state index contributed by atoms with van der Waals surface area (Å²) < 4.78 is 41.4. The Morgan fingerprint density at radius 2 is 1.94 bits per heavy atom. The molecule has 1 atom stereocenters. The first-order chi connectivity index (χ1) is 14.9. The third-order valence-corrected chi connectivity index (χ3v) is 5.67. The number of anilines is 1. The Morgan fingerprint density at radius 1 is 1.13 bits per heavy atom. The van der Waals surface area contributed by atoms with Crippen molar-refractivity contribution in [2.45, 2.75) is 38.1 Å². The number of rotatable bonds is 6. The molecule has 0 saturated carbocycles. The molecular weight excluding hydrogens is 427 g/mol. The molecule has 2 N–H and O–H groups in total. The fourth-order valence-corrected chi connectivity index (χ4v) is 4.12. The Labute approximate surface area is 183 Å². The Morgan fingerprint density at radius 3 is 2.65 bits per heavy atom. The fourth-order valence-electron chi connectivity index (χ4n) is 3.95. The summed E-state index contributed by atoms with van der Waals surface area (Å²) in [5.41, 5.74) is 3.20. The van der Waals surface area contributed by atoms with Crippen LogP contribution in [0.3, 0.4) is 0 Å². The van der Waals surface area contributed by atoms with E-state index < -0.39 is 6.36 Å². The molecule has 0 aliphatic carbocycles. The van der Waals surface area contributed by atoms with Crippen LogP contribution in [0, 0.1) is 0 Å². The smallest absolute Gasteiger partial charge is 0.406 e. The van der Waals surface area contributed by atoms with Gasteiger partial charge in [-0.25, -0.2) is 0 Å². The van der Waals surface area contributed by atoms with Crippen LogP contribution < -0.4 is 15.4 Å². The topological polar surface area (TPSA) is 46.2 Å². The Hall–Kier alpha value is -2.51. The number of halogens is 4. The molecule has 1 fully saturated rings. The molecule has 31 heavy (non-hydrogen) atoms. The van der Waals surface area contributed by atoms with Gasteiger partial charge < -0.3 is 15.4 Å². The Balaban J connectivity index is 1.62. The summed E-state index contributed by atoms with van der Waals surface area (Å²) in [6.45, 7) is 1.82. The first-order valence-electron chi connectivity index (χ1n) is 10.3. The molecule has 2 aromatic carbocycles. The average molecular weight is 450 g/mol. The molecular formula is C23H23ClF3N3O. The first-order valence-corrected chi connectivity index (χ1v) is 10.7. The number of nitrogens with one attached hydrogen (secondary N) is 2. The second-order valence-electron chi connectivity index (χ2n) is 7.64. The molecule has 0 bridgehead atoms. The van der Waals surface area contributed by atoms with E-state index >= 15 is 0 Å². The van der Waals surface area contributed by atoms with Crippen LogP contribution in [0.2, 0.25) is 5.02 Å². The van der Waals surface area contributed by atoms with Crippen LogP contribution >= 0.6 is 11.6 Å². The van der Waals surface area contributed by atoms with Gasteiger partial charge in [0, 0.05) is 34.8 Å². The Bertz CT molecular complexity index is 1030. The van der Waals surface area contributed by atoms with Crippen molar-refractivity contribution in [3.05, 3.63) is 53.7 Å². The van der Waals surface area contributed by atoms with Crippen molar-refractivity contribution in [1.29, 1.82) is 0 Å². The molecule has 1 aromatic heterocycles. The normalized spacial score (nSPS) is 17.0. The van der Waals surface area contributed by atoms with Crippen LogP contribution in [0.5, 0.6) is 5.75 Å². The summed E-state index contributed by atoms with van der Waals surface area (Å²) in [7, 11) is 0. The van der Waals surface area contributed by atoms with Crippen molar-refractivity contribution in [1.82, 2.24) is 10.3 Å². The molecule has 1 aliphatic rings. The van der Waals surface area contributed by atoms with Gasteiger partial charge in [0.25, 0.3) is 0 Å². The van der Waals surface area contributed by atoms with Crippen LogP contribution in [0.25, 0.3) is 22.0 Å². The summed E-state index contributed by atoms with van der Waals surface area (Å²) in [6, 6.07) is 11.8. The van der Waals surface area contributed by atoms with E-state index in [1.54, 1.807) is 24.4 Å². The van der Waals surface area contributed by atoms with Crippen molar-refractivity contribution in [3.8, 4) is 16.9 Å². The van der Waals surface area contributed by atoms with E-state index in [1.807, 2.05) is 12.1 Å². The van der Waals surface area contributed by atoms with E-state index in [2.05, 4.69) is 20.4 Å². The summed E-state index contributed by atoms with van der Waals surface area (Å²) in [5, 5.41) is 8.59. The second kappa shape index (κ2) is 9.32. The zero-order valence-electron chi connectivity index (χ0n) is 16.8. The van der Waals surface area contributed by atoms with Gasteiger partial charge in [-0.1, -0.05) is 30.2 Å². The fraction of sp³-hybridized carbons (Fsp3) is 0.348. The maximum absolute atomic E-state index is 12.5. The molecule has 1 aliphatic heterocycles. The highest BCUT2D eigenvalue weighted by Crippen LogP contribution is 2.36. The summed E-state index contributed by atoms with van der Waals surface area (Å²) in [4.78, 5) is 4.51. The van der Waals surface area contributed by atoms with Crippen molar-refractivity contribution in [3.63, 3.8) is 0 Å². The highest BCUT2D eigenvalue weighted by atomic mass is 35.5. The minimum atomic E-state index is -4.72. The predicted molar refractivity (Wildman–Crippen MR) is 118 cm³/mol. The highest BCUT2D eigenvalue weighted by molar-refractivity contribution is 6.31. The number of benzene rings is 2. The largest absolute Gasteiger partial charge is 0.573 e. The van der Waals surface area contributed by atoms with E-state index in [0.717, 1.165) is 47.2 Å². The lowest BCUT2D eigenvalue weighted by atomic mass is 10.0. The lowest BCUT2D eigenvalue weighted by Gasteiger charge is -2.24. The second-order valence-corrected chi connectivity index (χ2v) is 8.08. The zero-order valence-corrected chi connectivity index (χ0v) is 17.6. The van der Waals surface area contributed by atoms with Crippen LogP contribution in [0.15, 0.2) is 48.7 Å². The number of hydrogen-bond donors (Lipinski definition) is 2. The van der Waals surface area contributed by atoms with Crippen LogP contribution in [0.4, 0.5) is 18.9 Å². The third-order valence-electron chi connectivity index (χ3n) is 5.44. The molecule has 164 valence electrons. The van der Waals surface area contributed by atoms with E-state index in [9.17, 15) is 13.2 Å². The van der Waals surface area contributed by atoms with Gasteiger partial charge in [-0.15, -0.1) is 13.2 Å². The van der Waals surface area contributed by atoms with E-state index in [4.69, 9.17) is 11.6 Å². The molecule has 2 heterocycles. The SMILES string of the molecule is FC(F)(F)Oc1ccc(-c2cnc3cc(Cl)ccc3c2NCCC2CCCCN2)cc1. The number of nitrogens with zero attached hydrogens (tertiary/aromatic N) is 1. The predicted octanol–water partition coefficient (Wildman–Crippen LogP) is 6.40. The molecule has 4 rings (SSSR count). The number of fused-ring (bicyclic) bond motifs is 1. The molecule has 4 nitrogen and oxygen atoms in total.